The largest absolute Gasteiger partial charge is 0.464 e. The molecule has 0 fully saturated rings. The summed E-state index contributed by atoms with van der Waals surface area (Å²) in [5, 5.41) is 0. The van der Waals surface area contributed by atoms with Gasteiger partial charge in [0.25, 0.3) is 11.8 Å². The fraction of sp³-hybridized carbons (Fsp3) is 0.500. The molecule has 1 aromatic carbocycles. The van der Waals surface area contributed by atoms with E-state index in [0.29, 0.717) is 0 Å². The Bertz CT molecular complexity index is 1030. The number of amides is 2. The van der Waals surface area contributed by atoms with Crippen LogP contribution in [0.5, 0.6) is 0 Å². The van der Waals surface area contributed by atoms with Gasteiger partial charge >= 0.3 is 41.8 Å². The number of halogens is 13. The number of ether oxygens (including phenoxy) is 1. The SMILES string of the molecule is CCOC(=O)C(N1C(=O)c2ccccc2C1=O)C(F)(F)C(F)(F)C(F)(F)C(F)(F)C(F)(F)C(F)(F)F. The Morgan fingerprint density at radius 3 is 1.50 bits per heavy atom. The van der Waals surface area contributed by atoms with Crippen LogP contribution in [0.3, 0.4) is 0 Å². The zero-order valence-corrected chi connectivity index (χ0v) is 17.1. The fourth-order valence-corrected chi connectivity index (χ4v) is 3.03. The molecule has 0 spiro atoms. The standard InChI is InChI=1S/C18H10F13NO4/c1-2-36-12(35)9(32-10(33)7-5-3-4-6-8(7)11(32)34)13(19,20)14(21,22)15(23,24)16(25,26)17(27,28)18(29,30)31/h3-6,9H,2H2,1H3. The number of benzene rings is 1. The van der Waals surface area contributed by atoms with Gasteiger partial charge in [-0.2, -0.15) is 57.1 Å². The summed E-state index contributed by atoms with van der Waals surface area (Å²) >= 11 is 0. The molecule has 1 unspecified atom stereocenters. The molecule has 5 nitrogen and oxygen atoms in total. The first-order chi connectivity index (χ1) is 16.0. The van der Waals surface area contributed by atoms with Crippen molar-refractivity contribution in [2.24, 2.45) is 0 Å². The number of fused-ring (bicyclic) bond motifs is 1. The molecule has 18 heteroatoms. The number of rotatable bonds is 8. The van der Waals surface area contributed by atoms with E-state index in [9.17, 15) is 71.5 Å². The third-order valence-corrected chi connectivity index (χ3v) is 4.89. The lowest BCUT2D eigenvalue weighted by Gasteiger charge is -2.42. The van der Waals surface area contributed by atoms with Crippen LogP contribution in [0.15, 0.2) is 24.3 Å². The molecular weight excluding hydrogens is 541 g/mol. The average molecular weight is 551 g/mol. The minimum absolute atomic E-state index is 0.723. The zero-order chi connectivity index (χ0) is 28.3. The molecule has 1 aliphatic heterocycles. The summed E-state index contributed by atoms with van der Waals surface area (Å²) in [4.78, 5) is 35.8. The van der Waals surface area contributed by atoms with Gasteiger partial charge in [-0.1, -0.05) is 12.1 Å². The Labute approximate surface area is 190 Å². The molecule has 0 saturated heterocycles. The number of hydrogen-bond acceptors (Lipinski definition) is 4. The van der Waals surface area contributed by atoms with E-state index < -0.39 is 82.2 Å². The number of alkyl halides is 13. The Balaban J connectivity index is 2.74. The first-order valence-electron chi connectivity index (χ1n) is 9.13. The predicted molar refractivity (Wildman–Crippen MR) is 88.2 cm³/mol. The van der Waals surface area contributed by atoms with Gasteiger partial charge in [0.1, 0.15) is 0 Å². The minimum atomic E-state index is -8.23. The van der Waals surface area contributed by atoms with Crippen molar-refractivity contribution in [1.29, 1.82) is 0 Å². The van der Waals surface area contributed by atoms with E-state index in [1.807, 2.05) is 0 Å². The maximum atomic E-state index is 14.8. The van der Waals surface area contributed by atoms with Crippen molar-refractivity contribution in [3.05, 3.63) is 35.4 Å². The van der Waals surface area contributed by atoms with Crippen LogP contribution in [0.25, 0.3) is 0 Å². The van der Waals surface area contributed by atoms with Crippen LogP contribution < -0.4 is 0 Å². The first-order valence-corrected chi connectivity index (χ1v) is 9.13. The topological polar surface area (TPSA) is 63.7 Å². The maximum absolute atomic E-state index is 14.8. The number of hydrogen-bond donors (Lipinski definition) is 0. The van der Waals surface area contributed by atoms with E-state index in [1.54, 1.807) is 0 Å². The number of nitrogens with zero attached hydrogens (tertiary/aromatic N) is 1. The van der Waals surface area contributed by atoms with Crippen molar-refractivity contribution < 1.29 is 76.2 Å². The van der Waals surface area contributed by atoms with Crippen LogP contribution in [0.1, 0.15) is 27.6 Å². The van der Waals surface area contributed by atoms with Gasteiger partial charge < -0.3 is 4.74 Å². The van der Waals surface area contributed by atoms with Crippen molar-refractivity contribution in [3.63, 3.8) is 0 Å². The van der Waals surface area contributed by atoms with Crippen LogP contribution in [-0.4, -0.2) is 71.1 Å². The number of imide groups is 1. The lowest BCUT2D eigenvalue weighted by atomic mass is 9.90. The van der Waals surface area contributed by atoms with Crippen LogP contribution in [0, 0.1) is 0 Å². The van der Waals surface area contributed by atoms with E-state index in [2.05, 4.69) is 4.74 Å². The number of esters is 1. The summed E-state index contributed by atoms with van der Waals surface area (Å²) in [6.07, 6.45) is -7.63. The molecule has 0 radical (unpaired) electrons. The molecule has 202 valence electrons. The zero-order valence-electron chi connectivity index (χ0n) is 17.1. The fourth-order valence-electron chi connectivity index (χ4n) is 3.03. The molecule has 2 amide bonds. The van der Waals surface area contributed by atoms with Crippen molar-refractivity contribution in [3.8, 4) is 0 Å². The van der Waals surface area contributed by atoms with E-state index in [0.717, 1.165) is 31.2 Å². The van der Waals surface area contributed by atoms with Crippen molar-refractivity contribution >= 4 is 17.8 Å². The van der Waals surface area contributed by atoms with Crippen LogP contribution >= 0.6 is 0 Å². The second kappa shape index (κ2) is 8.50. The molecule has 36 heavy (non-hydrogen) atoms. The van der Waals surface area contributed by atoms with E-state index in [-0.39, 0.29) is 0 Å². The molecule has 0 saturated carbocycles. The van der Waals surface area contributed by atoms with Gasteiger partial charge in [0, 0.05) is 0 Å². The minimum Gasteiger partial charge on any atom is -0.464 e. The van der Waals surface area contributed by atoms with Gasteiger partial charge in [0.15, 0.2) is 0 Å². The average Bonchev–Trinajstić information content (AvgIpc) is 2.98. The molecule has 0 N–H and O–H groups in total. The monoisotopic (exact) mass is 551 g/mol. The normalized spacial score (nSPS) is 16.8. The smallest absolute Gasteiger partial charge is 0.460 e. The Morgan fingerprint density at radius 1 is 0.750 bits per heavy atom. The summed E-state index contributed by atoms with van der Waals surface area (Å²) in [7, 11) is 0. The Hall–Kier alpha value is -3.08. The lowest BCUT2D eigenvalue weighted by molar-refractivity contribution is -0.441. The third kappa shape index (κ3) is 3.75. The Kier molecular flexibility index (Phi) is 6.88. The maximum Gasteiger partial charge on any atom is 0.460 e. The summed E-state index contributed by atoms with van der Waals surface area (Å²) in [5.41, 5.74) is -1.70. The second-order valence-electron chi connectivity index (χ2n) is 7.10. The van der Waals surface area contributed by atoms with Crippen LogP contribution in [0.4, 0.5) is 57.1 Å². The van der Waals surface area contributed by atoms with Gasteiger partial charge in [-0.3, -0.25) is 14.5 Å². The van der Waals surface area contributed by atoms with Crippen LogP contribution in [0.2, 0.25) is 0 Å². The molecule has 1 aromatic rings. The van der Waals surface area contributed by atoms with Crippen molar-refractivity contribution in [2.75, 3.05) is 6.61 Å². The molecule has 1 atom stereocenters. The predicted octanol–water partition coefficient (Wildman–Crippen LogP) is 4.95. The van der Waals surface area contributed by atoms with Crippen LogP contribution in [-0.2, 0) is 9.53 Å². The highest BCUT2D eigenvalue weighted by Crippen LogP contribution is 2.61. The highest BCUT2D eigenvalue weighted by atomic mass is 19.4. The van der Waals surface area contributed by atoms with Gasteiger partial charge in [-0.25, -0.2) is 4.79 Å². The van der Waals surface area contributed by atoms with Gasteiger partial charge in [-0.15, -0.1) is 0 Å². The summed E-state index contributed by atoms with van der Waals surface area (Å²) in [6.45, 7) is -0.195. The number of carbonyl (C=O) groups excluding carboxylic acids is 3. The van der Waals surface area contributed by atoms with Gasteiger partial charge in [-0.05, 0) is 19.1 Å². The van der Waals surface area contributed by atoms with Gasteiger partial charge in [0.05, 0.1) is 17.7 Å². The van der Waals surface area contributed by atoms with E-state index >= 15 is 0 Å². The summed E-state index contributed by atoms with van der Waals surface area (Å²) in [5.74, 6) is -46.3. The second-order valence-corrected chi connectivity index (χ2v) is 7.10. The molecule has 2 rings (SSSR count). The number of carbonyl (C=O) groups is 3. The molecule has 0 aliphatic carbocycles. The van der Waals surface area contributed by atoms with Crippen molar-refractivity contribution in [2.45, 2.75) is 48.8 Å². The van der Waals surface area contributed by atoms with Crippen molar-refractivity contribution in [1.82, 2.24) is 4.90 Å². The third-order valence-electron chi connectivity index (χ3n) is 4.89. The van der Waals surface area contributed by atoms with E-state index in [4.69, 9.17) is 0 Å². The molecule has 0 bridgehead atoms. The Morgan fingerprint density at radius 2 is 1.14 bits per heavy atom. The lowest BCUT2D eigenvalue weighted by Crippen LogP contribution is -2.74. The quantitative estimate of drug-likeness (QED) is 0.261. The highest BCUT2D eigenvalue weighted by molar-refractivity contribution is 6.22. The van der Waals surface area contributed by atoms with Gasteiger partial charge in [0.2, 0.25) is 6.04 Å². The molecule has 1 heterocycles. The summed E-state index contributed by atoms with van der Waals surface area (Å²) in [6, 6.07) is -1.07. The first kappa shape index (κ1) is 29.2. The van der Waals surface area contributed by atoms with E-state index in [1.165, 1.54) is 0 Å². The highest BCUT2D eigenvalue weighted by Gasteiger charge is 2.92. The molecular formula is C18H10F13NO4. The molecule has 1 aliphatic rings. The summed E-state index contributed by atoms with van der Waals surface area (Å²) < 4.78 is 180. The molecule has 0 aromatic heterocycles.